The maximum atomic E-state index is 13.0. The van der Waals surface area contributed by atoms with E-state index in [1.165, 1.54) is 0 Å². The summed E-state index contributed by atoms with van der Waals surface area (Å²) < 4.78 is 0. The minimum absolute atomic E-state index is 0.212. The number of carbonyl (C=O) groups is 1. The van der Waals surface area contributed by atoms with Crippen LogP contribution in [0.4, 0.5) is 0 Å². The van der Waals surface area contributed by atoms with Crippen molar-refractivity contribution in [1.82, 2.24) is 15.5 Å². The van der Waals surface area contributed by atoms with Crippen molar-refractivity contribution in [3.63, 3.8) is 0 Å². The van der Waals surface area contributed by atoms with E-state index in [2.05, 4.69) is 15.5 Å². The number of nitrogens with one attached hydrogen (secondary N) is 2. The maximum absolute atomic E-state index is 13.0. The molecule has 1 heterocycles. The highest BCUT2D eigenvalue weighted by atomic mass is 16.2. The number of hydrogen-bond acceptors (Lipinski definition) is 3. The van der Waals surface area contributed by atoms with Gasteiger partial charge < -0.3 is 5.32 Å². The first kappa shape index (κ1) is 17.7. The molecule has 5 nitrogen and oxygen atoms in total. The molecule has 138 valence electrons. The number of nitrogens with zero attached hydrogens (tertiary/aromatic N) is 1. The molecule has 0 saturated carbocycles. The Morgan fingerprint density at radius 1 is 0.857 bits per heavy atom. The van der Waals surface area contributed by atoms with Crippen molar-refractivity contribution in [2.75, 3.05) is 0 Å². The molecule has 1 amide bonds. The van der Waals surface area contributed by atoms with Gasteiger partial charge in [-0.05, 0) is 23.6 Å². The first-order valence-electron chi connectivity index (χ1n) is 9.09. The van der Waals surface area contributed by atoms with Crippen LogP contribution in [0.3, 0.4) is 0 Å². The molecule has 0 aliphatic carbocycles. The molecule has 1 atom stereocenters. The Morgan fingerprint density at radius 2 is 1.46 bits per heavy atom. The fourth-order valence-electron chi connectivity index (χ4n) is 3.30. The van der Waals surface area contributed by atoms with Gasteiger partial charge in [-0.2, -0.15) is 5.10 Å². The van der Waals surface area contributed by atoms with Gasteiger partial charge in [0.25, 0.3) is 11.5 Å². The lowest BCUT2D eigenvalue weighted by Crippen LogP contribution is -2.31. The Labute approximate surface area is 162 Å². The number of aromatic nitrogens is 2. The molecule has 4 rings (SSSR count). The molecule has 0 spiro atoms. The first-order chi connectivity index (χ1) is 13.7. The molecule has 5 heteroatoms. The Hall–Kier alpha value is -3.73. The van der Waals surface area contributed by atoms with Gasteiger partial charge in [0.15, 0.2) is 5.69 Å². The van der Waals surface area contributed by atoms with E-state index in [1.807, 2.05) is 60.7 Å². The summed E-state index contributed by atoms with van der Waals surface area (Å²) in [6.45, 7) is 0. The lowest BCUT2D eigenvalue weighted by atomic mass is 9.98. The van der Waals surface area contributed by atoms with E-state index in [0.717, 1.165) is 11.1 Å². The number of hydrogen-bond donors (Lipinski definition) is 2. The van der Waals surface area contributed by atoms with Crippen LogP contribution in [0.5, 0.6) is 0 Å². The normalized spacial score (nSPS) is 11.9. The van der Waals surface area contributed by atoms with Gasteiger partial charge in [-0.25, -0.2) is 5.10 Å². The summed E-state index contributed by atoms with van der Waals surface area (Å²) in [5, 5.41) is 10.5. The zero-order valence-electron chi connectivity index (χ0n) is 15.1. The van der Waals surface area contributed by atoms with Gasteiger partial charge in [-0.3, -0.25) is 9.59 Å². The molecule has 0 fully saturated rings. The number of H-pyrrole nitrogens is 1. The second-order valence-corrected chi connectivity index (χ2v) is 6.57. The van der Waals surface area contributed by atoms with Crippen molar-refractivity contribution in [3.05, 3.63) is 112 Å². The van der Waals surface area contributed by atoms with Gasteiger partial charge in [-0.15, -0.1) is 0 Å². The van der Waals surface area contributed by atoms with Crippen molar-refractivity contribution in [1.29, 1.82) is 0 Å². The average Bonchev–Trinajstić information content (AvgIpc) is 2.75. The summed E-state index contributed by atoms with van der Waals surface area (Å²) in [7, 11) is 0. The van der Waals surface area contributed by atoms with Gasteiger partial charge >= 0.3 is 0 Å². The van der Waals surface area contributed by atoms with E-state index in [0.29, 0.717) is 17.2 Å². The minimum Gasteiger partial charge on any atom is -0.343 e. The number of fused-ring (bicyclic) bond motifs is 1. The molecule has 4 aromatic rings. The minimum atomic E-state index is -0.322. The van der Waals surface area contributed by atoms with Crippen LogP contribution in [0, 0.1) is 0 Å². The monoisotopic (exact) mass is 369 g/mol. The van der Waals surface area contributed by atoms with Crippen LogP contribution in [0.2, 0.25) is 0 Å². The molecule has 0 radical (unpaired) electrons. The smallest absolute Gasteiger partial charge is 0.272 e. The van der Waals surface area contributed by atoms with Crippen LogP contribution >= 0.6 is 0 Å². The molecular weight excluding hydrogens is 350 g/mol. The number of carbonyl (C=O) groups excluding carboxylic acids is 1. The van der Waals surface area contributed by atoms with E-state index in [9.17, 15) is 9.59 Å². The topological polar surface area (TPSA) is 74.8 Å². The zero-order chi connectivity index (χ0) is 19.3. The average molecular weight is 369 g/mol. The lowest BCUT2D eigenvalue weighted by molar-refractivity contribution is 0.0932. The lowest BCUT2D eigenvalue weighted by Gasteiger charge is -2.19. The molecule has 0 aliphatic rings. The maximum Gasteiger partial charge on any atom is 0.272 e. The van der Waals surface area contributed by atoms with Crippen LogP contribution < -0.4 is 10.9 Å². The number of rotatable bonds is 5. The highest BCUT2D eigenvalue weighted by Gasteiger charge is 2.19. The van der Waals surface area contributed by atoms with E-state index in [4.69, 9.17) is 0 Å². The molecule has 0 bridgehead atoms. The summed E-state index contributed by atoms with van der Waals surface area (Å²) in [4.78, 5) is 25.0. The van der Waals surface area contributed by atoms with Gasteiger partial charge in [0.05, 0.1) is 11.4 Å². The summed E-state index contributed by atoms with van der Waals surface area (Å²) in [5.41, 5.74) is 2.03. The first-order valence-corrected chi connectivity index (χ1v) is 9.09. The van der Waals surface area contributed by atoms with Crippen molar-refractivity contribution in [2.45, 2.75) is 12.5 Å². The predicted octanol–water partition coefficient (Wildman–Crippen LogP) is 3.64. The van der Waals surface area contributed by atoms with Crippen LogP contribution in [-0.2, 0) is 6.42 Å². The fraction of sp³-hybridized carbons (Fsp3) is 0.0870. The van der Waals surface area contributed by atoms with Crippen molar-refractivity contribution in [2.24, 2.45) is 0 Å². The standard InChI is InChI=1S/C23H19N3O2/c27-22-19-14-8-7-13-18(19)21(25-26-22)23(28)24-20(17-11-5-2-6-12-17)15-16-9-3-1-4-10-16/h1-14,20H,15H2,(H,24,28)(H,26,27)/t20-/m0/s1. The SMILES string of the molecule is O=C(N[C@@H](Cc1ccccc1)c1ccccc1)c1n[nH]c(=O)c2ccccc12. The molecule has 0 aliphatic heterocycles. The molecule has 3 aromatic carbocycles. The van der Waals surface area contributed by atoms with E-state index < -0.39 is 0 Å². The van der Waals surface area contributed by atoms with Gasteiger partial charge in [0.2, 0.25) is 0 Å². The highest BCUT2D eigenvalue weighted by molar-refractivity contribution is 6.04. The summed E-state index contributed by atoms with van der Waals surface area (Å²) in [6.07, 6.45) is 0.651. The summed E-state index contributed by atoms with van der Waals surface area (Å²) in [5.74, 6) is -0.322. The van der Waals surface area contributed by atoms with Crippen LogP contribution in [-0.4, -0.2) is 16.1 Å². The second kappa shape index (κ2) is 7.88. The molecule has 28 heavy (non-hydrogen) atoms. The number of benzene rings is 3. The van der Waals surface area contributed by atoms with Crippen molar-refractivity contribution >= 4 is 16.7 Å². The third-order valence-corrected chi connectivity index (χ3v) is 4.70. The summed E-state index contributed by atoms with van der Waals surface area (Å²) >= 11 is 0. The molecule has 0 unspecified atom stereocenters. The van der Waals surface area contributed by atoms with Crippen LogP contribution in [0.15, 0.2) is 89.7 Å². The highest BCUT2D eigenvalue weighted by Crippen LogP contribution is 2.20. The Balaban J connectivity index is 1.68. The third-order valence-electron chi connectivity index (χ3n) is 4.70. The van der Waals surface area contributed by atoms with Gasteiger partial charge in [-0.1, -0.05) is 78.9 Å². The number of aromatic amines is 1. The van der Waals surface area contributed by atoms with Crippen LogP contribution in [0.25, 0.3) is 10.8 Å². The van der Waals surface area contributed by atoms with Crippen molar-refractivity contribution < 1.29 is 4.79 Å². The quantitative estimate of drug-likeness (QED) is 0.564. The largest absolute Gasteiger partial charge is 0.343 e. The number of amides is 1. The van der Waals surface area contributed by atoms with E-state index in [-0.39, 0.29) is 23.2 Å². The molecule has 1 aromatic heterocycles. The Morgan fingerprint density at radius 3 is 2.18 bits per heavy atom. The van der Waals surface area contributed by atoms with E-state index >= 15 is 0 Å². The molecule has 2 N–H and O–H groups in total. The van der Waals surface area contributed by atoms with Crippen LogP contribution in [0.1, 0.15) is 27.7 Å². The van der Waals surface area contributed by atoms with Gasteiger partial charge in [0.1, 0.15) is 0 Å². The second-order valence-electron chi connectivity index (χ2n) is 6.57. The van der Waals surface area contributed by atoms with Gasteiger partial charge in [0, 0.05) is 5.39 Å². The van der Waals surface area contributed by atoms with E-state index in [1.54, 1.807) is 24.3 Å². The summed E-state index contributed by atoms with van der Waals surface area (Å²) in [6, 6.07) is 26.6. The predicted molar refractivity (Wildman–Crippen MR) is 109 cm³/mol. The third kappa shape index (κ3) is 3.69. The fourth-order valence-corrected chi connectivity index (χ4v) is 3.30. The zero-order valence-corrected chi connectivity index (χ0v) is 15.1. The molecule has 0 saturated heterocycles. The molecular formula is C23H19N3O2. The van der Waals surface area contributed by atoms with Crippen molar-refractivity contribution in [3.8, 4) is 0 Å². The Kier molecular flexibility index (Phi) is 4.97. The Bertz CT molecular complexity index is 1150.